The lowest BCUT2D eigenvalue weighted by Crippen LogP contribution is -2.58. The number of ether oxygens (including phenoxy) is 3. The van der Waals surface area contributed by atoms with Gasteiger partial charge in [0.05, 0.1) is 12.7 Å². The Kier molecular flexibility index (Phi) is 5.82. The molecule has 0 aromatic heterocycles. The van der Waals surface area contributed by atoms with E-state index in [2.05, 4.69) is 6.92 Å². The summed E-state index contributed by atoms with van der Waals surface area (Å²) in [7, 11) is 0. The second-order valence-electron chi connectivity index (χ2n) is 11.4. The minimum absolute atomic E-state index is 0.0597. The van der Waals surface area contributed by atoms with E-state index in [9.17, 15) is 19.5 Å². The topological polar surface area (TPSA) is 99.1 Å². The molecule has 9 atom stereocenters. The fourth-order valence-corrected chi connectivity index (χ4v) is 9.05. The smallest absolute Gasteiger partial charge is 0.331 e. The molecule has 4 aliphatic carbocycles. The zero-order valence-corrected chi connectivity index (χ0v) is 19.7. The molecular formula is C26H36O7. The van der Waals surface area contributed by atoms with E-state index in [1.165, 1.54) is 6.92 Å². The summed E-state index contributed by atoms with van der Waals surface area (Å²) in [4.78, 5) is 34.5. The molecule has 4 saturated carbocycles. The third kappa shape index (κ3) is 3.62. The van der Waals surface area contributed by atoms with E-state index in [-0.39, 0.29) is 40.7 Å². The summed E-state index contributed by atoms with van der Waals surface area (Å²) in [5, 5.41) is 11.3. The summed E-state index contributed by atoms with van der Waals surface area (Å²) in [5.74, 6) is 0.912. The van der Waals surface area contributed by atoms with Gasteiger partial charge < -0.3 is 19.3 Å². The minimum atomic E-state index is -0.401. The van der Waals surface area contributed by atoms with Crippen molar-refractivity contribution in [2.24, 2.45) is 40.4 Å². The summed E-state index contributed by atoms with van der Waals surface area (Å²) in [5.41, 5.74) is 0.859. The number of cyclic esters (lactones) is 1. The second-order valence-corrected chi connectivity index (χ2v) is 11.4. The number of aliphatic hydroxyl groups excluding tert-OH is 1. The van der Waals surface area contributed by atoms with Crippen LogP contribution in [-0.4, -0.2) is 48.9 Å². The molecule has 5 aliphatic rings. The summed E-state index contributed by atoms with van der Waals surface area (Å²) >= 11 is 0. The summed E-state index contributed by atoms with van der Waals surface area (Å²) < 4.78 is 16.2. The zero-order chi connectivity index (χ0) is 23.4. The van der Waals surface area contributed by atoms with Crippen LogP contribution in [0.3, 0.4) is 0 Å². The van der Waals surface area contributed by atoms with Crippen molar-refractivity contribution in [3.05, 3.63) is 11.6 Å². The Morgan fingerprint density at radius 1 is 1.24 bits per heavy atom. The van der Waals surface area contributed by atoms with Crippen LogP contribution in [0.2, 0.25) is 0 Å². The maximum atomic E-state index is 11.7. The summed E-state index contributed by atoms with van der Waals surface area (Å²) in [6.07, 6.45) is 8.39. The van der Waals surface area contributed by atoms with Crippen LogP contribution in [-0.2, 0) is 28.6 Å². The predicted octanol–water partition coefficient (Wildman–Crippen LogP) is 3.18. The van der Waals surface area contributed by atoms with Gasteiger partial charge in [-0.3, -0.25) is 9.59 Å². The van der Waals surface area contributed by atoms with E-state index in [0.717, 1.165) is 50.5 Å². The molecule has 0 amide bonds. The van der Waals surface area contributed by atoms with Gasteiger partial charge in [0.25, 0.3) is 6.47 Å². The third-order valence-electron chi connectivity index (χ3n) is 10.2. The van der Waals surface area contributed by atoms with Gasteiger partial charge in [-0.25, -0.2) is 4.79 Å². The molecule has 0 radical (unpaired) electrons. The lowest BCUT2D eigenvalue weighted by molar-refractivity contribution is -0.181. The van der Waals surface area contributed by atoms with E-state index in [0.29, 0.717) is 43.9 Å². The van der Waals surface area contributed by atoms with Gasteiger partial charge in [0, 0.05) is 18.4 Å². The number of fused-ring (bicyclic) bond motifs is 5. The molecule has 0 spiro atoms. The normalized spacial score (nSPS) is 46.3. The van der Waals surface area contributed by atoms with Crippen molar-refractivity contribution < 1.29 is 33.7 Å². The van der Waals surface area contributed by atoms with Gasteiger partial charge in [-0.2, -0.15) is 0 Å². The average Bonchev–Trinajstić information content (AvgIpc) is 3.32. The van der Waals surface area contributed by atoms with Crippen molar-refractivity contribution in [3.63, 3.8) is 0 Å². The molecule has 4 fully saturated rings. The van der Waals surface area contributed by atoms with Crippen molar-refractivity contribution in [1.29, 1.82) is 0 Å². The van der Waals surface area contributed by atoms with Crippen LogP contribution in [0.5, 0.6) is 0 Å². The predicted molar refractivity (Wildman–Crippen MR) is 118 cm³/mol. The molecule has 0 bridgehead atoms. The molecule has 182 valence electrons. The number of aliphatic hydroxyl groups is 1. The maximum Gasteiger partial charge on any atom is 0.331 e. The van der Waals surface area contributed by atoms with Crippen LogP contribution in [0.4, 0.5) is 0 Å². The van der Waals surface area contributed by atoms with E-state index in [4.69, 9.17) is 14.2 Å². The monoisotopic (exact) mass is 460 g/mol. The van der Waals surface area contributed by atoms with Crippen molar-refractivity contribution in [3.8, 4) is 0 Å². The molecule has 0 aromatic carbocycles. The molecule has 0 aromatic rings. The fraction of sp³-hybridized carbons (Fsp3) is 0.808. The molecule has 1 aliphatic heterocycles. The molecule has 1 heterocycles. The van der Waals surface area contributed by atoms with Crippen LogP contribution in [0.1, 0.15) is 65.2 Å². The number of hydrogen-bond acceptors (Lipinski definition) is 7. The molecule has 1 N–H and O–H groups in total. The SMILES string of the molecule is CC(=O)O[C@H]1CC[C@@]2(COC=O)[C@@H](CC[C@H]3[C@H]4[C@H](O)C[C@H](C5=CC(=O)OC5)[C@@]4(C)CC[C@@H]32)C1. The highest BCUT2D eigenvalue weighted by molar-refractivity contribution is 5.85. The number of esters is 2. The Labute approximate surface area is 195 Å². The molecule has 0 saturated heterocycles. The lowest BCUT2D eigenvalue weighted by Gasteiger charge is -2.61. The van der Waals surface area contributed by atoms with Gasteiger partial charge in [-0.15, -0.1) is 0 Å². The highest BCUT2D eigenvalue weighted by Crippen LogP contribution is 2.68. The summed E-state index contributed by atoms with van der Waals surface area (Å²) in [6, 6.07) is 0. The quantitative estimate of drug-likeness (QED) is 0.382. The van der Waals surface area contributed by atoms with Crippen LogP contribution >= 0.6 is 0 Å². The van der Waals surface area contributed by atoms with Crippen molar-refractivity contribution in [1.82, 2.24) is 0 Å². The van der Waals surface area contributed by atoms with Gasteiger partial charge in [0.1, 0.15) is 12.7 Å². The van der Waals surface area contributed by atoms with E-state index >= 15 is 0 Å². The van der Waals surface area contributed by atoms with Gasteiger partial charge >= 0.3 is 11.9 Å². The molecule has 7 nitrogen and oxygen atoms in total. The van der Waals surface area contributed by atoms with Crippen molar-refractivity contribution >= 4 is 18.4 Å². The van der Waals surface area contributed by atoms with E-state index < -0.39 is 6.10 Å². The Morgan fingerprint density at radius 2 is 2.06 bits per heavy atom. The average molecular weight is 461 g/mol. The Bertz CT molecular complexity index is 852. The van der Waals surface area contributed by atoms with Crippen LogP contribution < -0.4 is 0 Å². The lowest BCUT2D eigenvalue weighted by atomic mass is 9.44. The number of hydrogen-bond donors (Lipinski definition) is 1. The first-order chi connectivity index (χ1) is 15.8. The molecule has 33 heavy (non-hydrogen) atoms. The minimum Gasteiger partial charge on any atom is -0.467 e. The van der Waals surface area contributed by atoms with Crippen LogP contribution in [0, 0.1) is 40.4 Å². The maximum absolute atomic E-state index is 11.7. The second kappa shape index (κ2) is 8.40. The molecule has 0 unspecified atom stereocenters. The standard InChI is InChI=1S/C26H36O7/c1-15(28)33-18-5-8-26(13-31-14-27)17(10-18)3-4-19-20(26)6-7-25(2)21(11-22(29)24(19)25)16-9-23(30)32-12-16/h9,14,17-22,24,29H,3-8,10-13H2,1-2H3/t17-,18-,19+,20-,21+,22+,24-,25+,26+/m0/s1. The van der Waals surface area contributed by atoms with Gasteiger partial charge in [-0.05, 0) is 91.9 Å². The van der Waals surface area contributed by atoms with Crippen LogP contribution in [0.25, 0.3) is 0 Å². The van der Waals surface area contributed by atoms with Crippen LogP contribution in [0.15, 0.2) is 11.6 Å². The first-order valence-corrected chi connectivity index (χ1v) is 12.6. The van der Waals surface area contributed by atoms with Gasteiger partial charge in [-0.1, -0.05) is 6.92 Å². The Hall–Kier alpha value is -1.89. The largest absolute Gasteiger partial charge is 0.467 e. The highest BCUT2D eigenvalue weighted by Gasteiger charge is 2.64. The number of carbonyl (C=O) groups excluding carboxylic acids is 3. The molecule has 5 rings (SSSR count). The summed E-state index contributed by atoms with van der Waals surface area (Å²) in [6.45, 7) is 5.09. The Balaban J connectivity index is 1.43. The van der Waals surface area contributed by atoms with Gasteiger partial charge in [0.15, 0.2) is 0 Å². The van der Waals surface area contributed by atoms with Gasteiger partial charge in [0.2, 0.25) is 0 Å². The first kappa shape index (κ1) is 22.9. The number of carbonyl (C=O) groups is 3. The Morgan fingerprint density at radius 3 is 2.76 bits per heavy atom. The third-order valence-corrected chi connectivity index (χ3v) is 10.2. The number of rotatable bonds is 5. The van der Waals surface area contributed by atoms with Crippen molar-refractivity contribution in [2.75, 3.05) is 13.2 Å². The molecular weight excluding hydrogens is 424 g/mol. The van der Waals surface area contributed by atoms with E-state index in [1.807, 2.05) is 0 Å². The zero-order valence-electron chi connectivity index (χ0n) is 19.7. The van der Waals surface area contributed by atoms with E-state index in [1.54, 1.807) is 6.08 Å². The van der Waals surface area contributed by atoms with Crippen molar-refractivity contribution in [2.45, 2.75) is 77.4 Å². The first-order valence-electron chi connectivity index (χ1n) is 12.6. The molecule has 7 heteroatoms. The highest BCUT2D eigenvalue weighted by atomic mass is 16.5. The fourth-order valence-electron chi connectivity index (χ4n) is 9.05.